The molecular formula is C22H30N4O. The third-order valence-corrected chi connectivity index (χ3v) is 5.24. The minimum Gasteiger partial charge on any atom is -0.372 e. The van der Waals surface area contributed by atoms with Gasteiger partial charge in [0.1, 0.15) is 0 Å². The lowest BCUT2D eigenvalue weighted by Crippen LogP contribution is -2.33. The minimum absolute atomic E-state index is 0.0202. The largest absolute Gasteiger partial charge is 0.372 e. The molecule has 3 rings (SSSR count). The molecule has 1 amide bonds. The number of piperidine rings is 1. The predicted molar refractivity (Wildman–Crippen MR) is 111 cm³/mol. The molecule has 1 N–H and O–H groups in total. The molecule has 2 aromatic rings. The van der Waals surface area contributed by atoms with Crippen LogP contribution in [0.5, 0.6) is 0 Å². The molecule has 144 valence electrons. The molecule has 1 aromatic carbocycles. The van der Waals surface area contributed by atoms with Gasteiger partial charge in [0, 0.05) is 43.4 Å². The number of benzene rings is 1. The molecule has 0 atom stereocenters. The lowest BCUT2D eigenvalue weighted by atomic mass is 9.99. The summed E-state index contributed by atoms with van der Waals surface area (Å²) in [5, 5.41) is 3.00. The number of rotatable bonds is 7. The lowest BCUT2D eigenvalue weighted by molar-refractivity contribution is -0.117. The number of carbonyl (C=O) groups excluding carboxylic acids is 1. The molecule has 0 aliphatic carbocycles. The van der Waals surface area contributed by atoms with Crippen molar-refractivity contribution in [2.24, 2.45) is 5.92 Å². The van der Waals surface area contributed by atoms with E-state index in [2.05, 4.69) is 34.3 Å². The molecule has 0 bridgehead atoms. The summed E-state index contributed by atoms with van der Waals surface area (Å²) in [6.07, 6.45) is 7.02. The minimum atomic E-state index is 0.0202. The van der Waals surface area contributed by atoms with Crippen LogP contribution in [0.1, 0.15) is 25.3 Å². The van der Waals surface area contributed by atoms with Gasteiger partial charge in [0.2, 0.25) is 5.91 Å². The Kier molecular flexibility index (Phi) is 6.82. The van der Waals surface area contributed by atoms with Crippen LogP contribution in [0.15, 0.2) is 48.8 Å². The highest BCUT2D eigenvalue weighted by Crippen LogP contribution is 2.24. The van der Waals surface area contributed by atoms with E-state index in [1.165, 1.54) is 24.1 Å². The third-order valence-electron chi connectivity index (χ3n) is 5.24. The summed E-state index contributed by atoms with van der Waals surface area (Å²) >= 11 is 0. The monoisotopic (exact) mass is 366 g/mol. The molecule has 1 aliphatic rings. The molecule has 27 heavy (non-hydrogen) atoms. The average molecular weight is 367 g/mol. The number of nitrogens with one attached hydrogen (secondary N) is 1. The summed E-state index contributed by atoms with van der Waals surface area (Å²) in [6, 6.07) is 12.2. The average Bonchev–Trinajstić information content (AvgIpc) is 2.68. The zero-order valence-electron chi connectivity index (χ0n) is 16.4. The zero-order chi connectivity index (χ0) is 19.1. The Morgan fingerprint density at radius 3 is 2.48 bits per heavy atom. The Hall–Kier alpha value is -2.40. The van der Waals surface area contributed by atoms with Crippen molar-refractivity contribution in [2.45, 2.75) is 26.2 Å². The lowest BCUT2D eigenvalue weighted by Gasteiger charge is -2.32. The van der Waals surface area contributed by atoms with Gasteiger partial charge in [0.15, 0.2) is 0 Å². The van der Waals surface area contributed by atoms with E-state index < -0.39 is 0 Å². The van der Waals surface area contributed by atoms with Crippen LogP contribution in [-0.4, -0.2) is 49.0 Å². The van der Waals surface area contributed by atoms with Gasteiger partial charge in [-0.2, -0.15) is 0 Å². The number of amides is 1. The van der Waals surface area contributed by atoms with Crippen LogP contribution in [-0.2, 0) is 11.2 Å². The Labute approximate surface area is 162 Å². The maximum absolute atomic E-state index is 12.3. The van der Waals surface area contributed by atoms with E-state index in [1.54, 1.807) is 12.4 Å². The summed E-state index contributed by atoms with van der Waals surface area (Å²) in [6.45, 7) is 5.79. The number of likely N-dealkylation sites (N-methyl/N-ethyl adjacent to an activating group) is 1. The van der Waals surface area contributed by atoms with Crippen molar-refractivity contribution in [3.8, 4) is 0 Å². The van der Waals surface area contributed by atoms with E-state index in [0.717, 1.165) is 37.7 Å². The first-order chi connectivity index (χ1) is 13.1. The van der Waals surface area contributed by atoms with Crippen molar-refractivity contribution >= 4 is 17.3 Å². The predicted octanol–water partition coefficient (Wildman–Crippen LogP) is 3.43. The van der Waals surface area contributed by atoms with E-state index in [9.17, 15) is 4.79 Å². The molecule has 1 saturated heterocycles. The van der Waals surface area contributed by atoms with Gasteiger partial charge in [0.25, 0.3) is 0 Å². The zero-order valence-corrected chi connectivity index (χ0v) is 16.4. The number of hydrogen-bond donors (Lipinski definition) is 1. The number of hydrogen-bond acceptors (Lipinski definition) is 4. The Morgan fingerprint density at radius 1 is 1.15 bits per heavy atom. The van der Waals surface area contributed by atoms with Crippen molar-refractivity contribution in [1.29, 1.82) is 0 Å². The highest BCUT2D eigenvalue weighted by molar-refractivity contribution is 5.92. The molecule has 0 saturated carbocycles. The Bertz CT molecular complexity index is 709. The molecule has 1 aliphatic heterocycles. The van der Waals surface area contributed by atoms with Crippen LogP contribution >= 0.6 is 0 Å². The van der Waals surface area contributed by atoms with E-state index in [0.29, 0.717) is 6.54 Å². The molecule has 1 aromatic heterocycles. The molecule has 0 unspecified atom stereocenters. The fourth-order valence-electron chi connectivity index (χ4n) is 3.42. The van der Waals surface area contributed by atoms with Crippen molar-refractivity contribution in [1.82, 2.24) is 9.88 Å². The van der Waals surface area contributed by atoms with Gasteiger partial charge in [-0.05, 0) is 74.2 Å². The summed E-state index contributed by atoms with van der Waals surface area (Å²) in [5.74, 6) is 0.849. The summed E-state index contributed by atoms with van der Waals surface area (Å²) < 4.78 is 0. The van der Waals surface area contributed by atoms with Crippen LogP contribution in [0, 0.1) is 5.92 Å². The number of nitrogens with zero attached hydrogens (tertiary/aromatic N) is 3. The molecular weight excluding hydrogens is 336 g/mol. The highest BCUT2D eigenvalue weighted by Gasteiger charge is 2.16. The molecule has 1 fully saturated rings. The fraction of sp³-hybridized carbons (Fsp3) is 0.455. The van der Waals surface area contributed by atoms with Crippen LogP contribution in [0.3, 0.4) is 0 Å². The van der Waals surface area contributed by atoms with E-state index >= 15 is 0 Å². The number of pyridine rings is 1. The van der Waals surface area contributed by atoms with Gasteiger partial charge in [-0.1, -0.05) is 6.92 Å². The summed E-state index contributed by atoms with van der Waals surface area (Å²) in [5.41, 5.74) is 3.34. The van der Waals surface area contributed by atoms with Crippen LogP contribution in [0.2, 0.25) is 0 Å². The van der Waals surface area contributed by atoms with Crippen LogP contribution in [0.25, 0.3) is 0 Å². The molecule has 2 heterocycles. The van der Waals surface area contributed by atoms with E-state index in [4.69, 9.17) is 0 Å². The SMILES string of the molecule is CC1CCN(c2ccc(NC(=O)CN(C)CCc3ccncc3)cc2)CC1. The van der Waals surface area contributed by atoms with E-state index in [1.807, 2.05) is 36.2 Å². The van der Waals surface area contributed by atoms with Crippen molar-refractivity contribution in [3.63, 3.8) is 0 Å². The van der Waals surface area contributed by atoms with Crippen LogP contribution < -0.4 is 10.2 Å². The van der Waals surface area contributed by atoms with Gasteiger partial charge in [-0.3, -0.25) is 14.7 Å². The number of anilines is 2. The van der Waals surface area contributed by atoms with Gasteiger partial charge >= 0.3 is 0 Å². The first-order valence-corrected chi connectivity index (χ1v) is 9.82. The van der Waals surface area contributed by atoms with Gasteiger partial charge in [-0.25, -0.2) is 0 Å². The van der Waals surface area contributed by atoms with Gasteiger partial charge in [0.05, 0.1) is 6.54 Å². The second-order valence-electron chi connectivity index (χ2n) is 7.61. The maximum atomic E-state index is 12.3. The molecule has 0 radical (unpaired) electrons. The molecule has 0 spiro atoms. The number of aromatic nitrogens is 1. The summed E-state index contributed by atoms with van der Waals surface area (Å²) in [4.78, 5) is 20.8. The first kappa shape index (κ1) is 19.4. The van der Waals surface area contributed by atoms with Crippen molar-refractivity contribution in [3.05, 3.63) is 54.4 Å². The Balaban J connectivity index is 1.43. The maximum Gasteiger partial charge on any atom is 0.238 e. The van der Waals surface area contributed by atoms with Crippen molar-refractivity contribution < 1.29 is 4.79 Å². The summed E-state index contributed by atoms with van der Waals surface area (Å²) in [7, 11) is 1.97. The second-order valence-corrected chi connectivity index (χ2v) is 7.61. The molecule has 5 nitrogen and oxygen atoms in total. The topological polar surface area (TPSA) is 48.5 Å². The smallest absolute Gasteiger partial charge is 0.238 e. The fourth-order valence-corrected chi connectivity index (χ4v) is 3.42. The van der Waals surface area contributed by atoms with Crippen molar-refractivity contribution in [2.75, 3.05) is 43.4 Å². The number of carbonyl (C=O) groups is 1. The normalized spacial score (nSPS) is 15.1. The quantitative estimate of drug-likeness (QED) is 0.816. The first-order valence-electron chi connectivity index (χ1n) is 9.82. The van der Waals surface area contributed by atoms with Gasteiger partial charge < -0.3 is 10.2 Å². The highest BCUT2D eigenvalue weighted by atomic mass is 16.2. The van der Waals surface area contributed by atoms with E-state index in [-0.39, 0.29) is 5.91 Å². The van der Waals surface area contributed by atoms with Gasteiger partial charge in [-0.15, -0.1) is 0 Å². The Morgan fingerprint density at radius 2 is 1.81 bits per heavy atom. The molecule has 5 heteroatoms. The standard InChI is InChI=1S/C22H30N4O/c1-18-9-15-26(16-10-18)21-5-3-20(4-6-21)24-22(27)17-25(2)14-11-19-7-12-23-13-8-19/h3-8,12-13,18H,9-11,14-17H2,1-2H3,(H,24,27). The second kappa shape index (κ2) is 9.51. The van der Waals surface area contributed by atoms with Crippen LogP contribution in [0.4, 0.5) is 11.4 Å². The third kappa shape index (κ3) is 6.07.